The number of carbonyl (C=O) groups excluding carboxylic acids is 3. The van der Waals surface area contributed by atoms with Crippen LogP contribution >= 0.6 is 0 Å². The van der Waals surface area contributed by atoms with Crippen molar-refractivity contribution in [3.63, 3.8) is 0 Å². The highest BCUT2D eigenvalue weighted by atomic mass is 32.2. The molecule has 11 nitrogen and oxygen atoms in total. The van der Waals surface area contributed by atoms with E-state index in [4.69, 9.17) is 4.74 Å². The summed E-state index contributed by atoms with van der Waals surface area (Å²) in [4.78, 5) is 43.0. The molecular formula is C33H29N3O8S. The number of anilines is 1. The number of ketones is 1. The zero-order valence-electron chi connectivity index (χ0n) is 24.4. The maximum absolute atomic E-state index is 14.2. The number of amides is 1. The lowest BCUT2D eigenvalue weighted by Crippen LogP contribution is -2.40. The van der Waals surface area contributed by atoms with Crippen molar-refractivity contribution in [2.75, 3.05) is 5.32 Å². The molecule has 1 amide bonds. The summed E-state index contributed by atoms with van der Waals surface area (Å²) in [6, 6.07) is 20.4. The van der Waals surface area contributed by atoms with Gasteiger partial charge in [0, 0.05) is 17.3 Å². The van der Waals surface area contributed by atoms with Gasteiger partial charge in [-0.3, -0.25) is 9.59 Å². The first-order valence-electron chi connectivity index (χ1n) is 13.8. The number of carbonyl (C=O) groups is 3. The van der Waals surface area contributed by atoms with Crippen molar-refractivity contribution in [1.82, 2.24) is 4.83 Å². The molecule has 0 unspecified atom stereocenters. The van der Waals surface area contributed by atoms with Crippen LogP contribution in [0.4, 0.5) is 5.69 Å². The van der Waals surface area contributed by atoms with Gasteiger partial charge in [0.1, 0.15) is 29.2 Å². The molecule has 0 radical (unpaired) electrons. The van der Waals surface area contributed by atoms with Crippen LogP contribution in [-0.4, -0.2) is 42.0 Å². The third-order valence-corrected chi connectivity index (χ3v) is 8.69. The Balaban J connectivity index is 1.67. The van der Waals surface area contributed by atoms with E-state index in [0.29, 0.717) is 5.69 Å². The minimum atomic E-state index is -4.34. The highest BCUT2D eigenvalue weighted by Gasteiger charge is 2.46. The van der Waals surface area contributed by atoms with Crippen LogP contribution < -0.4 is 10.1 Å². The van der Waals surface area contributed by atoms with E-state index in [9.17, 15) is 33.0 Å². The van der Waals surface area contributed by atoms with Gasteiger partial charge in [0.2, 0.25) is 0 Å². The molecule has 1 aliphatic heterocycles. The van der Waals surface area contributed by atoms with Gasteiger partial charge in [0.15, 0.2) is 5.78 Å². The Morgan fingerprint density at radius 2 is 1.60 bits per heavy atom. The van der Waals surface area contributed by atoms with Crippen molar-refractivity contribution in [3.8, 4) is 11.5 Å². The molecule has 0 aromatic heterocycles. The maximum Gasteiger partial charge on any atom is 0.339 e. The Morgan fingerprint density at radius 3 is 2.29 bits per heavy atom. The Morgan fingerprint density at radius 1 is 0.889 bits per heavy atom. The Bertz CT molecular complexity index is 1970. The van der Waals surface area contributed by atoms with Gasteiger partial charge < -0.3 is 20.3 Å². The molecule has 0 bridgehead atoms. The number of aryl methyl sites for hydroxylation is 3. The summed E-state index contributed by atoms with van der Waals surface area (Å²) in [5.41, 5.74) is 2.38. The second kappa shape index (κ2) is 12.2. The van der Waals surface area contributed by atoms with Gasteiger partial charge in [-0.2, -0.15) is 18.4 Å². The average Bonchev–Trinajstić information content (AvgIpc) is 3.32. The number of sulfonamides is 1. The normalized spacial score (nSPS) is 15.1. The molecule has 0 saturated carbocycles. The number of phenolic OH excluding ortho intramolecular Hbond substituents is 2. The molecule has 230 valence electrons. The summed E-state index contributed by atoms with van der Waals surface area (Å²) in [7, 11) is -4.34. The Hall–Kier alpha value is -5.49. The molecule has 4 N–H and O–H groups in total. The number of hydrogen-bond acceptors (Lipinski definition) is 9. The van der Waals surface area contributed by atoms with Gasteiger partial charge in [-0.05, 0) is 74.4 Å². The fourth-order valence-corrected chi connectivity index (χ4v) is 5.70. The number of rotatable bonds is 9. The van der Waals surface area contributed by atoms with Crippen molar-refractivity contribution < 1.29 is 37.8 Å². The van der Waals surface area contributed by atoms with Gasteiger partial charge in [-0.15, -0.1) is 0 Å². The summed E-state index contributed by atoms with van der Waals surface area (Å²) < 4.78 is 32.1. The molecule has 4 aromatic rings. The number of esters is 1. The minimum absolute atomic E-state index is 0.143. The van der Waals surface area contributed by atoms with Gasteiger partial charge in [-0.25, -0.2) is 4.79 Å². The van der Waals surface area contributed by atoms with Gasteiger partial charge in [0.25, 0.3) is 15.9 Å². The van der Waals surface area contributed by atoms with Crippen LogP contribution in [0.2, 0.25) is 0 Å². The number of fused-ring (bicyclic) bond motifs is 1. The molecule has 0 saturated heterocycles. The van der Waals surface area contributed by atoms with Crippen molar-refractivity contribution in [2.24, 2.45) is 11.0 Å². The SMILES string of the molecule is Cc1ccc(S(=O)(=O)N/N=C(/C(=O)Nc2ccc(C)c(C)c2)[C@H](C(=O)c2ccc(O)cc2O)[C@@H]2OC(=O)c3ccccc32)cc1. The number of Topliss-reactive ketones (excluding diaryl/α,β-unsaturated/α-hetero) is 1. The van der Waals surface area contributed by atoms with Gasteiger partial charge in [0.05, 0.1) is 16.0 Å². The van der Waals surface area contributed by atoms with E-state index in [2.05, 4.69) is 15.2 Å². The Kier molecular flexibility index (Phi) is 8.42. The van der Waals surface area contributed by atoms with Crippen LogP contribution in [-0.2, 0) is 19.6 Å². The summed E-state index contributed by atoms with van der Waals surface area (Å²) in [5.74, 6) is -5.35. The topological polar surface area (TPSA) is 171 Å². The quantitative estimate of drug-likeness (QED) is 0.0895. The van der Waals surface area contributed by atoms with E-state index in [1.807, 2.05) is 13.8 Å². The molecule has 1 heterocycles. The van der Waals surface area contributed by atoms with E-state index < -0.39 is 51.2 Å². The number of phenols is 2. The molecule has 2 atom stereocenters. The third-order valence-electron chi connectivity index (χ3n) is 7.46. The van der Waals surface area contributed by atoms with Crippen LogP contribution in [0.5, 0.6) is 11.5 Å². The number of ether oxygens (including phenoxy) is 1. The van der Waals surface area contributed by atoms with E-state index >= 15 is 0 Å². The number of aromatic hydroxyl groups is 2. The van der Waals surface area contributed by atoms with Crippen LogP contribution in [0.25, 0.3) is 0 Å². The highest BCUT2D eigenvalue weighted by molar-refractivity contribution is 7.89. The zero-order valence-corrected chi connectivity index (χ0v) is 25.3. The van der Waals surface area contributed by atoms with Crippen molar-refractivity contribution >= 4 is 39.1 Å². The predicted octanol–water partition coefficient (Wildman–Crippen LogP) is 4.71. The second-order valence-corrected chi connectivity index (χ2v) is 12.3. The lowest BCUT2D eigenvalue weighted by molar-refractivity contribution is -0.110. The molecule has 4 aromatic carbocycles. The fourth-order valence-electron chi connectivity index (χ4n) is 4.88. The molecule has 0 spiro atoms. The molecule has 0 fully saturated rings. The first-order valence-corrected chi connectivity index (χ1v) is 15.2. The second-order valence-electron chi connectivity index (χ2n) is 10.6. The maximum atomic E-state index is 14.2. The summed E-state index contributed by atoms with van der Waals surface area (Å²) in [6.07, 6.45) is -1.43. The first kappa shape index (κ1) is 31.0. The molecule has 0 aliphatic carbocycles. The highest BCUT2D eigenvalue weighted by Crippen LogP contribution is 2.40. The van der Waals surface area contributed by atoms with E-state index in [1.165, 1.54) is 24.3 Å². The van der Waals surface area contributed by atoms with Crippen LogP contribution in [0.3, 0.4) is 0 Å². The number of hydrogen-bond donors (Lipinski definition) is 4. The van der Waals surface area contributed by atoms with Crippen LogP contribution in [0.15, 0.2) is 94.9 Å². The summed E-state index contributed by atoms with van der Waals surface area (Å²) in [5, 5.41) is 27.1. The van der Waals surface area contributed by atoms with Crippen molar-refractivity contribution in [1.29, 1.82) is 0 Å². The summed E-state index contributed by atoms with van der Waals surface area (Å²) >= 11 is 0. The Labute approximate surface area is 259 Å². The number of hydrazone groups is 1. The smallest absolute Gasteiger partial charge is 0.339 e. The molecule has 5 rings (SSSR count). The molecular weight excluding hydrogens is 598 g/mol. The first-order chi connectivity index (χ1) is 21.4. The molecule has 1 aliphatic rings. The lowest BCUT2D eigenvalue weighted by atomic mass is 9.83. The van der Waals surface area contributed by atoms with E-state index in [0.717, 1.165) is 34.9 Å². The monoisotopic (exact) mass is 627 g/mol. The number of benzene rings is 4. The molecule has 45 heavy (non-hydrogen) atoms. The van der Waals surface area contributed by atoms with Crippen LogP contribution in [0, 0.1) is 26.7 Å². The standard InChI is InChI=1S/C33H29N3O8S/c1-18-8-13-23(14-9-18)45(42,43)36-35-29(32(40)34-21-11-10-19(2)20(3)16-21)28(30(39)26-15-12-22(37)17-27(26)38)31-24-6-4-5-7-25(24)33(41)44-31/h4-17,28,31,36-38H,1-3H3,(H,34,40)/b35-29+/t28-,31-/m1/s1. The van der Waals surface area contributed by atoms with Gasteiger partial charge >= 0.3 is 5.97 Å². The average molecular weight is 628 g/mol. The van der Waals surface area contributed by atoms with E-state index in [-0.39, 0.29) is 27.3 Å². The molecule has 12 heteroatoms. The fraction of sp³-hybridized carbons (Fsp3) is 0.152. The third kappa shape index (κ3) is 6.41. The van der Waals surface area contributed by atoms with Crippen LogP contribution in [0.1, 0.15) is 49.1 Å². The minimum Gasteiger partial charge on any atom is -0.508 e. The van der Waals surface area contributed by atoms with E-state index in [1.54, 1.807) is 49.4 Å². The lowest BCUT2D eigenvalue weighted by Gasteiger charge is -2.24. The number of nitrogens with one attached hydrogen (secondary N) is 2. The predicted molar refractivity (Wildman–Crippen MR) is 166 cm³/mol. The number of nitrogens with zero attached hydrogens (tertiary/aromatic N) is 1. The van der Waals surface area contributed by atoms with Crippen molar-refractivity contribution in [2.45, 2.75) is 31.8 Å². The zero-order chi connectivity index (χ0) is 32.5. The van der Waals surface area contributed by atoms with Crippen molar-refractivity contribution in [3.05, 3.63) is 118 Å². The van der Waals surface area contributed by atoms with Gasteiger partial charge in [-0.1, -0.05) is 42.0 Å². The number of cyclic esters (lactones) is 1. The largest absolute Gasteiger partial charge is 0.508 e. The summed E-state index contributed by atoms with van der Waals surface area (Å²) in [6.45, 7) is 5.51.